The molecule has 10 rings (SSSR count). The van der Waals surface area contributed by atoms with Crippen LogP contribution in [0.25, 0.3) is 10.9 Å². The SMILES string of the molecule is C[C@H](C1CCN(c2cc3nccc(Oc4ccc(NC(=O)C5(C(=O)Nc6ccc(F)cc6)CC5)cc4)c3cc2F)CC1)N1CCN(CCNc2nccc3c2C(=O)N(C2CCC(=O)NC2=O)C3=O)CC1. The molecule has 4 fully saturated rings. The monoisotopic (exact) mass is 954 g/mol. The average molecular weight is 955 g/mol. The van der Waals surface area contributed by atoms with Gasteiger partial charge in [0.25, 0.3) is 11.8 Å². The van der Waals surface area contributed by atoms with Crippen molar-refractivity contribution in [1.82, 2.24) is 30.0 Å². The number of amides is 6. The largest absolute Gasteiger partial charge is 0.457 e. The molecule has 0 bridgehead atoms. The Kier molecular flexibility index (Phi) is 12.7. The number of piperazine rings is 1. The van der Waals surface area contributed by atoms with Crippen molar-refractivity contribution in [3.05, 3.63) is 108 Å². The zero-order valence-corrected chi connectivity index (χ0v) is 38.5. The number of fused-ring (bicyclic) bond motifs is 2. The van der Waals surface area contributed by atoms with E-state index in [4.69, 9.17) is 4.74 Å². The Hall–Kier alpha value is -7.38. The average Bonchev–Trinajstić information content (AvgIpc) is 4.14. The molecule has 4 aliphatic heterocycles. The van der Waals surface area contributed by atoms with Crippen LogP contribution in [0.5, 0.6) is 11.5 Å². The van der Waals surface area contributed by atoms with Gasteiger partial charge in [0.2, 0.25) is 23.6 Å². The second-order valence-corrected chi connectivity index (χ2v) is 18.7. The lowest BCUT2D eigenvalue weighted by Gasteiger charge is -2.43. The molecule has 2 atom stereocenters. The maximum Gasteiger partial charge on any atom is 0.266 e. The molecule has 1 saturated carbocycles. The molecule has 70 heavy (non-hydrogen) atoms. The van der Waals surface area contributed by atoms with Gasteiger partial charge < -0.3 is 25.6 Å². The van der Waals surface area contributed by atoms with Crippen molar-refractivity contribution in [2.75, 3.05) is 73.2 Å². The highest BCUT2D eigenvalue weighted by Crippen LogP contribution is 2.48. The van der Waals surface area contributed by atoms with Crippen molar-refractivity contribution in [3.8, 4) is 11.5 Å². The first-order valence-electron chi connectivity index (χ1n) is 23.8. The number of hydrogen-bond acceptors (Lipinski definition) is 13. The molecule has 0 radical (unpaired) electrons. The highest BCUT2D eigenvalue weighted by molar-refractivity contribution is 6.25. The van der Waals surface area contributed by atoms with E-state index in [1.54, 1.807) is 42.6 Å². The molecular weight excluding hydrogens is 903 g/mol. The number of ether oxygens (including phenoxy) is 1. The van der Waals surface area contributed by atoms with Crippen LogP contribution in [0.2, 0.25) is 0 Å². The van der Waals surface area contributed by atoms with Crippen molar-refractivity contribution in [3.63, 3.8) is 0 Å². The first-order chi connectivity index (χ1) is 33.8. The second-order valence-electron chi connectivity index (χ2n) is 18.7. The summed E-state index contributed by atoms with van der Waals surface area (Å²) in [6.07, 6.45) is 5.85. The first-order valence-corrected chi connectivity index (χ1v) is 23.8. The molecule has 1 aliphatic carbocycles. The number of benzene rings is 3. The molecule has 5 aliphatic rings. The van der Waals surface area contributed by atoms with Gasteiger partial charge in [-0.2, -0.15) is 0 Å². The second kappa shape index (κ2) is 19.2. The number of carbonyl (C=O) groups excluding carboxylic acids is 6. The molecule has 19 heteroatoms. The number of aromatic nitrogens is 2. The van der Waals surface area contributed by atoms with Crippen LogP contribution in [0.3, 0.4) is 0 Å². The number of nitrogens with one attached hydrogen (secondary N) is 4. The number of rotatable bonds is 14. The molecule has 362 valence electrons. The lowest BCUT2D eigenvalue weighted by molar-refractivity contribution is -0.136. The van der Waals surface area contributed by atoms with E-state index in [0.717, 1.165) is 43.9 Å². The smallest absolute Gasteiger partial charge is 0.266 e. The van der Waals surface area contributed by atoms with Crippen molar-refractivity contribution in [1.29, 1.82) is 0 Å². The topological polar surface area (TPSA) is 199 Å². The summed E-state index contributed by atoms with van der Waals surface area (Å²) in [6, 6.07) is 17.8. The Bertz CT molecular complexity index is 2880. The highest BCUT2D eigenvalue weighted by atomic mass is 19.1. The molecule has 4 N–H and O–H groups in total. The molecule has 1 unspecified atom stereocenters. The Balaban J connectivity index is 0.682. The number of pyridine rings is 2. The zero-order valence-electron chi connectivity index (χ0n) is 38.5. The number of imide groups is 2. The lowest BCUT2D eigenvalue weighted by atomic mass is 9.88. The van der Waals surface area contributed by atoms with Crippen LogP contribution >= 0.6 is 0 Å². The van der Waals surface area contributed by atoms with Gasteiger partial charge in [0.05, 0.1) is 22.3 Å². The molecule has 6 heterocycles. The molecule has 3 saturated heterocycles. The van der Waals surface area contributed by atoms with Crippen molar-refractivity contribution >= 4 is 69.2 Å². The standard InChI is InChI=1S/C51H52F2N10O7/c1-30(61-26-24-60(25-27-61)23-20-56-45-44-36(12-18-55-45)47(66)63(48(44)67)40-10-11-43(64)59-46(40)65)31-14-21-62(22-15-31)41-29-39-37(28-38(41)53)42(13-19-54-39)70-35-8-6-34(7-9-35)58-50(69)51(16-17-51)49(68)57-33-4-2-32(52)3-5-33/h2-9,12-13,18-19,28-31,40H,10-11,14-17,20-27H2,1H3,(H,55,56)(H,57,68)(H,58,69)(H,59,64,65)/t30-,40?/m1/s1. The molecule has 2 aromatic heterocycles. The summed E-state index contributed by atoms with van der Waals surface area (Å²) in [5.74, 6) is -2.27. The van der Waals surface area contributed by atoms with Crippen LogP contribution in [0.15, 0.2) is 85.2 Å². The minimum absolute atomic E-state index is 0.0494. The zero-order chi connectivity index (χ0) is 48.7. The number of halogens is 2. The van der Waals surface area contributed by atoms with Crippen molar-refractivity contribution < 1.29 is 42.3 Å². The number of carbonyl (C=O) groups is 6. The molecular formula is C51H52F2N10O7. The third-order valence-electron chi connectivity index (χ3n) is 14.5. The van der Waals surface area contributed by atoms with Crippen LogP contribution in [0.4, 0.5) is 31.7 Å². The summed E-state index contributed by atoms with van der Waals surface area (Å²) >= 11 is 0. The summed E-state index contributed by atoms with van der Waals surface area (Å²) in [6.45, 7) is 8.41. The maximum absolute atomic E-state index is 16.0. The van der Waals surface area contributed by atoms with Crippen molar-refractivity contribution in [2.45, 2.75) is 57.5 Å². The van der Waals surface area contributed by atoms with E-state index in [9.17, 15) is 33.2 Å². The molecule has 17 nitrogen and oxygen atoms in total. The van der Waals surface area contributed by atoms with E-state index in [1.165, 1.54) is 42.6 Å². The van der Waals surface area contributed by atoms with Gasteiger partial charge in [-0.3, -0.25) is 53.8 Å². The summed E-state index contributed by atoms with van der Waals surface area (Å²) in [7, 11) is 0. The molecule has 6 amide bonds. The summed E-state index contributed by atoms with van der Waals surface area (Å²) in [5.41, 5.74) is 1.12. The fourth-order valence-electron chi connectivity index (χ4n) is 10.1. The quantitative estimate of drug-likeness (QED) is 0.0771. The summed E-state index contributed by atoms with van der Waals surface area (Å²) < 4.78 is 35.5. The van der Waals surface area contributed by atoms with Gasteiger partial charge in [-0.15, -0.1) is 0 Å². The van der Waals surface area contributed by atoms with Gasteiger partial charge in [0.1, 0.15) is 40.4 Å². The maximum atomic E-state index is 16.0. The Morgan fingerprint density at radius 3 is 2.16 bits per heavy atom. The molecule has 5 aromatic rings. The van der Waals surface area contributed by atoms with E-state index >= 15 is 4.39 Å². The van der Waals surface area contributed by atoms with Crippen LogP contribution < -0.4 is 30.9 Å². The third kappa shape index (κ3) is 9.25. The molecule has 3 aromatic carbocycles. The van der Waals surface area contributed by atoms with Gasteiger partial charge in [0, 0.05) is 94.0 Å². The van der Waals surface area contributed by atoms with Crippen LogP contribution in [0, 0.1) is 23.0 Å². The van der Waals surface area contributed by atoms with Gasteiger partial charge in [-0.05, 0) is 118 Å². The fraction of sp³-hybridized carbons (Fsp3) is 0.373. The van der Waals surface area contributed by atoms with Crippen LogP contribution in [-0.2, 0) is 19.2 Å². The number of nitrogens with zero attached hydrogens (tertiary/aromatic N) is 6. The van der Waals surface area contributed by atoms with Crippen molar-refractivity contribution in [2.24, 2.45) is 11.3 Å². The van der Waals surface area contributed by atoms with E-state index in [-0.39, 0.29) is 29.8 Å². The first kappa shape index (κ1) is 46.4. The molecule has 0 spiro atoms. The number of anilines is 4. The number of piperidine rings is 2. The van der Waals surface area contributed by atoms with Gasteiger partial charge in [0.15, 0.2) is 0 Å². The predicted octanol–water partition coefficient (Wildman–Crippen LogP) is 5.79. The summed E-state index contributed by atoms with van der Waals surface area (Å²) in [5, 5.41) is 11.5. The third-order valence-corrected chi connectivity index (χ3v) is 14.5. The minimum atomic E-state index is -1.20. The van der Waals surface area contributed by atoms with E-state index < -0.39 is 52.7 Å². The van der Waals surface area contributed by atoms with E-state index in [0.29, 0.717) is 96.3 Å². The van der Waals surface area contributed by atoms with E-state index in [2.05, 4.69) is 52.9 Å². The van der Waals surface area contributed by atoms with Gasteiger partial charge in [-0.1, -0.05) is 0 Å². The van der Waals surface area contributed by atoms with Gasteiger partial charge in [-0.25, -0.2) is 13.8 Å². The normalized spacial score (nSPS) is 20.0. The Morgan fingerprint density at radius 1 is 0.814 bits per heavy atom. The van der Waals surface area contributed by atoms with Crippen LogP contribution in [0.1, 0.15) is 66.2 Å². The Labute approximate surface area is 401 Å². The minimum Gasteiger partial charge on any atom is -0.457 e. The fourth-order valence-corrected chi connectivity index (χ4v) is 10.1. The highest BCUT2D eigenvalue weighted by Gasteiger charge is 2.56. The Morgan fingerprint density at radius 2 is 1.49 bits per heavy atom. The van der Waals surface area contributed by atoms with E-state index in [1.807, 2.05) is 0 Å². The summed E-state index contributed by atoms with van der Waals surface area (Å²) in [4.78, 5) is 93.8. The van der Waals surface area contributed by atoms with Crippen LogP contribution in [-0.4, -0.2) is 125 Å². The predicted molar refractivity (Wildman–Crippen MR) is 255 cm³/mol. The number of hydrogen-bond donors (Lipinski definition) is 4. The lowest BCUT2D eigenvalue weighted by Crippen LogP contribution is -2.54. The van der Waals surface area contributed by atoms with Gasteiger partial charge >= 0.3 is 0 Å².